The third kappa shape index (κ3) is 5.46. The van der Waals surface area contributed by atoms with Gasteiger partial charge in [0.15, 0.2) is 0 Å². The Morgan fingerprint density at radius 2 is 1.50 bits per heavy atom. The Morgan fingerprint density at radius 3 is 1.71 bits per heavy atom. The number of carbonyl (C=O) groups is 2. The lowest BCUT2D eigenvalue weighted by atomic mass is 10.9. The third-order valence-electron chi connectivity index (χ3n) is 1.02. The standard InChI is InChI=1S/C7H12O6Si/c1-5-14(4,12-10-6(2)8)13-11-7(3)9/h5H,1H2,2-4H3. The molecule has 14 heavy (non-hydrogen) atoms. The van der Waals surface area contributed by atoms with Crippen LogP contribution in [0.2, 0.25) is 6.55 Å². The Hall–Kier alpha value is -1.18. The molecule has 80 valence electrons. The molecule has 0 fully saturated rings. The van der Waals surface area contributed by atoms with Crippen LogP contribution in [0.15, 0.2) is 12.3 Å². The fourth-order valence-corrected chi connectivity index (χ4v) is 1.09. The van der Waals surface area contributed by atoms with Gasteiger partial charge in [-0.25, -0.2) is 9.59 Å². The van der Waals surface area contributed by atoms with Crippen LogP contribution in [0.25, 0.3) is 0 Å². The number of hydrogen-bond acceptors (Lipinski definition) is 6. The molecule has 0 bridgehead atoms. The van der Waals surface area contributed by atoms with Gasteiger partial charge in [0.05, 0.1) is 0 Å². The lowest BCUT2D eigenvalue weighted by molar-refractivity contribution is -0.265. The quantitative estimate of drug-likeness (QED) is 0.387. The van der Waals surface area contributed by atoms with E-state index in [2.05, 4.69) is 25.5 Å². The van der Waals surface area contributed by atoms with E-state index < -0.39 is 20.5 Å². The average Bonchev–Trinajstić information content (AvgIpc) is 2.11. The van der Waals surface area contributed by atoms with E-state index in [4.69, 9.17) is 0 Å². The van der Waals surface area contributed by atoms with Crippen LogP contribution in [0, 0.1) is 0 Å². The minimum atomic E-state index is -2.97. The van der Waals surface area contributed by atoms with Gasteiger partial charge in [0, 0.05) is 13.8 Å². The first-order valence-corrected chi connectivity index (χ1v) is 6.15. The van der Waals surface area contributed by atoms with Gasteiger partial charge in [-0.3, -0.25) is 0 Å². The Balaban J connectivity index is 4.10. The van der Waals surface area contributed by atoms with Gasteiger partial charge < -0.3 is 9.78 Å². The summed E-state index contributed by atoms with van der Waals surface area (Å²) >= 11 is 0. The minimum absolute atomic E-state index is 0.628. The molecule has 0 atom stereocenters. The van der Waals surface area contributed by atoms with Crippen molar-refractivity contribution in [1.82, 2.24) is 0 Å². The van der Waals surface area contributed by atoms with Crippen molar-refractivity contribution in [3.8, 4) is 0 Å². The summed E-state index contributed by atoms with van der Waals surface area (Å²) in [5, 5.41) is 0. The van der Waals surface area contributed by atoms with Crippen LogP contribution in [0.1, 0.15) is 13.8 Å². The molecule has 0 aliphatic carbocycles. The van der Waals surface area contributed by atoms with Crippen molar-refractivity contribution >= 4 is 20.5 Å². The van der Waals surface area contributed by atoms with Crippen molar-refractivity contribution in [2.75, 3.05) is 0 Å². The van der Waals surface area contributed by atoms with E-state index in [1.54, 1.807) is 0 Å². The van der Waals surface area contributed by atoms with E-state index in [0.717, 1.165) is 0 Å². The summed E-state index contributed by atoms with van der Waals surface area (Å²) in [7, 11) is -2.97. The molecule has 0 aromatic carbocycles. The molecule has 0 radical (unpaired) electrons. The predicted octanol–water partition coefficient (Wildman–Crippen LogP) is 0.773. The molecule has 0 aliphatic rings. The monoisotopic (exact) mass is 220 g/mol. The van der Waals surface area contributed by atoms with Gasteiger partial charge in [-0.2, -0.15) is 9.15 Å². The van der Waals surface area contributed by atoms with Crippen molar-refractivity contribution in [1.29, 1.82) is 0 Å². The number of hydrogen-bond donors (Lipinski definition) is 0. The van der Waals surface area contributed by atoms with Crippen molar-refractivity contribution < 1.29 is 28.5 Å². The molecule has 0 saturated heterocycles. The summed E-state index contributed by atoms with van der Waals surface area (Å²) < 4.78 is 9.32. The van der Waals surface area contributed by atoms with Gasteiger partial charge in [-0.05, 0) is 12.2 Å². The van der Waals surface area contributed by atoms with Gasteiger partial charge in [-0.15, -0.1) is 6.58 Å². The van der Waals surface area contributed by atoms with Crippen LogP contribution in [-0.2, 0) is 28.5 Å². The molecule has 6 nitrogen and oxygen atoms in total. The summed E-state index contributed by atoms with van der Waals surface area (Å²) in [5.74, 6) is -1.26. The smallest absolute Gasteiger partial charge is 0.307 e. The van der Waals surface area contributed by atoms with Crippen molar-refractivity contribution in [3.05, 3.63) is 12.3 Å². The Labute approximate surface area is 82.5 Å². The van der Waals surface area contributed by atoms with Crippen molar-refractivity contribution in [2.24, 2.45) is 0 Å². The molecular weight excluding hydrogens is 208 g/mol. The van der Waals surface area contributed by atoms with Crippen LogP contribution in [-0.4, -0.2) is 20.5 Å². The van der Waals surface area contributed by atoms with E-state index in [-0.39, 0.29) is 0 Å². The zero-order chi connectivity index (χ0) is 11.2. The van der Waals surface area contributed by atoms with Crippen molar-refractivity contribution in [2.45, 2.75) is 20.4 Å². The van der Waals surface area contributed by atoms with Crippen LogP contribution in [0.5, 0.6) is 0 Å². The topological polar surface area (TPSA) is 71.1 Å². The second-order valence-electron chi connectivity index (χ2n) is 2.54. The highest BCUT2D eigenvalue weighted by Gasteiger charge is 2.34. The summed E-state index contributed by atoms with van der Waals surface area (Å²) in [4.78, 5) is 29.4. The van der Waals surface area contributed by atoms with Crippen molar-refractivity contribution in [3.63, 3.8) is 0 Å². The molecule has 0 rings (SSSR count). The van der Waals surface area contributed by atoms with E-state index in [0.29, 0.717) is 0 Å². The van der Waals surface area contributed by atoms with Crippen LogP contribution < -0.4 is 0 Å². The summed E-state index contributed by atoms with van der Waals surface area (Å²) in [6, 6.07) is 0. The minimum Gasteiger partial charge on any atom is -0.307 e. The lowest BCUT2D eigenvalue weighted by Crippen LogP contribution is -2.37. The predicted molar refractivity (Wildman–Crippen MR) is 47.5 cm³/mol. The van der Waals surface area contributed by atoms with E-state index >= 15 is 0 Å². The molecule has 0 unspecified atom stereocenters. The van der Waals surface area contributed by atoms with Gasteiger partial charge in [0.2, 0.25) is 0 Å². The Kier molecular flexibility index (Phi) is 5.06. The average molecular weight is 220 g/mol. The van der Waals surface area contributed by atoms with Gasteiger partial charge in [0.25, 0.3) is 0 Å². The SMILES string of the molecule is C=C[Si](C)(OOC(C)=O)OOC(C)=O. The fraction of sp³-hybridized carbons (Fsp3) is 0.429. The lowest BCUT2D eigenvalue weighted by Gasteiger charge is -2.17. The van der Waals surface area contributed by atoms with E-state index in [9.17, 15) is 9.59 Å². The number of rotatable bonds is 5. The highest BCUT2D eigenvalue weighted by molar-refractivity contribution is 6.70. The van der Waals surface area contributed by atoms with Gasteiger partial charge in [0.1, 0.15) is 0 Å². The largest absolute Gasteiger partial charge is 0.460 e. The highest BCUT2D eigenvalue weighted by atomic mass is 28.4. The normalized spacial score (nSPS) is 10.5. The molecular formula is C7H12O6Si. The first-order valence-electron chi connectivity index (χ1n) is 3.76. The number of carbonyl (C=O) groups excluding carboxylic acids is 2. The molecule has 0 aromatic heterocycles. The zero-order valence-corrected chi connectivity index (χ0v) is 9.23. The zero-order valence-electron chi connectivity index (χ0n) is 8.23. The molecule has 0 N–H and O–H groups in total. The molecule has 0 amide bonds. The first kappa shape index (κ1) is 12.8. The van der Waals surface area contributed by atoms with Crippen LogP contribution in [0.3, 0.4) is 0 Å². The summed E-state index contributed by atoms with van der Waals surface area (Å²) in [5.41, 5.74) is 1.30. The van der Waals surface area contributed by atoms with E-state index in [1.165, 1.54) is 26.1 Å². The highest BCUT2D eigenvalue weighted by Crippen LogP contribution is 2.09. The maximum atomic E-state index is 10.4. The maximum absolute atomic E-state index is 10.4. The molecule has 0 saturated carbocycles. The van der Waals surface area contributed by atoms with Gasteiger partial charge >= 0.3 is 20.5 Å². The second kappa shape index (κ2) is 5.53. The summed E-state index contributed by atoms with van der Waals surface area (Å²) in [6.45, 7) is 7.25. The second-order valence-corrected chi connectivity index (χ2v) is 5.31. The Morgan fingerprint density at radius 1 is 1.14 bits per heavy atom. The Bertz CT molecular complexity index is 220. The molecule has 0 spiro atoms. The third-order valence-corrected chi connectivity index (χ3v) is 2.59. The van der Waals surface area contributed by atoms with Crippen LogP contribution >= 0.6 is 0 Å². The van der Waals surface area contributed by atoms with E-state index in [1.807, 2.05) is 0 Å². The maximum Gasteiger partial charge on any atom is 0.460 e. The first-order chi connectivity index (χ1) is 6.39. The summed E-state index contributed by atoms with van der Waals surface area (Å²) in [6.07, 6.45) is 0. The molecule has 0 aliphatic heterocycles. The fourth-order valence-electron chi connectivity index (χ4n) is 0.365. The molecule has 0 heterocycles. The van der Waals surface area contributed by atoms with Crippen LogP contribution in [0.4, 0.5) is 0 Å². The molecule has 0 aromatic rings. The van der Waals surface area contributed by atoms with Gasteiger partial charge in [-0.1, -0.05) is 0 Å². The molecule has 7 heteroatoms.